The lowest BCUT2D eigenvalue weighted by Gasteiger charge is -2.39. The second-order valence-electron chi connectivity index (χ2n) is 9.02. The molecule has 0 bridgehead atoms. The number of likely N-dealkylation sites (N-methyl/N-ethyl adjacent to an activating group) is 1. The highest BCUT2D eigenvalue weighted by Crippen LogP contribution is 2.24. The van der Waals surface area contributed by atoms with Crippen LogP contribution in [0.15, 0.2) is 0 Å². The Bertz CT molecular complexity index is 350. The van der Waals surface area contributed by atoms with Gasteiger partial charge in [0.15, 0.2) is 0 Å². The van der Waals surface area contributed by atoms with Gasteiger partial charge in [-0.3, -0.25) is 9.80 Å². The third kappa shape index (κ3) is 8.81. The molecule has 0 saturated heterocycles. The molecule has 0 unspecified atom stereocenters. The van der Waals surface area contributed by atoms with Crippen molar-refractivity contribution in [1.29, 1.82) is 0 Å². The Morgan fingerprint density at radius 1 is 0.815 bits per heavy atom. The first-order valence-electron chi connectivity index (χ1n) is 12.1. The van der Waals surface area contributed by atoms with E-state index in [1.165, 1.54) is 90.1 Å². The van der Waals surface area contributed by atoms with E-state index < -0.39 is 0 Å². The summed E-state index contributed by atoms with van der Waals surface area (Å²) in [6, 6.07) is 1.65. The summed E-state index contributed by atoms with van der Waals surface area (Å²) in [5.74, 6) is 0. The highest BCUT2D eigenvalue weighted by molar-refractivity contribution is 4.79. The van der Waals surface area contributed by atoms with Crippen LogP contribution in [0, 0.1) is 0 Å². The number of nitrogens with zero attached hydrogens (tertiary/aromatic N) is 3. The third-order valence-electron chi connectivity index (χ3n) is 6.90. The van der Waals surface area contributed by atoms with Crippen LogP contribution in [0.1, 0.15) is 90.9 Å². The van der Waals surface area contributed by atoms with Crippen molar-refractivity contribution in [2.45, 2.75) is 103 Å². The van der Waals surface area contributed by atoms with E-state index in [1.54, 1.807) is 0 Å². The third-order valence-corrected chi connectivity index (χ3v) is 6.90. The molecule has 2 fully saturated rings. The fourth-order valence-corrected chi connectivity index (χ4v) is 4.86. The van der Waals surface area contributed by atoms with Crippen molar-refractivity contribution in [3.63, 3.8) is 0 Å². The van der Waals surface area contributed by atoms with Crippen molar-refractivity contribution in [2.75, 3.05) is 46.6 Å². The van der Waals surface area contributed by atoms with Gasteiger partial charge in [0.1, 0.15) is 0 Å². The van der Waals surface area contributed by atoms with Crippen LogP contribution in [-0.4, -0.2) is 73.3 Å². The van der Waals surface area contributed by atoms with Gasteiger partial charge in [0.05, 0.1) is 6.67 Å². The van der Waals surface area contributed by atoms with E-state index in [1.807, 2.05) is 0 Å². The molecule has 0 aromatic heterocycles. The summed E-state index contributed by atoms with van der Waals surface area (Å²) in [5.41, 5.74) is 0. The molecule has 0 radical (unpaired) electrons. The lowest BCUT2D eigenvalue weighted by atomic mass is 9.93. The molecule has 4 nitrogen and oxygen atoms in total. The molecule has 0 aromatic carbocycles. The van der Waals surface area contributed by atoms with Gasteiger partial charge >= 0.3 is 0 Å². The second kappa shape index (κ2) is 13.9. The van der Waals surface area contributed by atoms with Crippen LogP contribution in [0.25, 0.3) is 0 Å². The molecule has 0 aliphatic heterocycles. The lowest BCUT2D eigenvalue weighted by molar-refractivity contribution is 0.0579. The van der Waals surface area contributed by atoms with Crippen LogP contribution < -0.4 is 5.32 Å². The Balaban J connectivity index is 1.83. The molecule has 2 rings (SSSR count). The van der Waals surface area contributed by atoms with Gasteiger partial charge in [-0.05, 0) is 52.2 Å². The summed E-state index contributed by atoms with van der Waals surface area (Å²) < 4.78 is 0. The van der Waals surface area contributed by atoms with Gasteiger partial charge < -0.3 is 10.2 Å². The first kappa shape index (κ1) is 23.1. The number of unbranched alkanes of at least 4 members (excludes halogenated alkanes) is 1. The maximum absolute atomic E-state index is 3.65. The van der Waals surface area contributed by atoms with Crippen LogP contribution in [-0.2, 0) is 0 Å². The fraction of sp³-hybridized carbons (Fsp3) is 1.00. The topological polar surface area (TPSA) is 21.8 Å². The summed E-state index contributed by atoms with van der Waals surface area (Å²) in [6.45, 7) is 11.5. The summed E-state index contributed by atoms with van der Waals surface area (Å²) in [6.07, 6.45) is 16.9. The van der Waals surface area contributed by atoms with Crippen LogP contribution >= 0.6 is 0 Å². The molecule has 0 heterocycles. The van der Waals surface area contributed by atoms with Crippen molar-refractivity contribution in [2.24, 2.45) is 0 Å². The van der Waals surface area contributed by atoms with E-state index in [0.717, 1.165) is 38.5 Å². The Morgan fingerprint density at radius 3 is 2.04 bits per heavy atom. The van der Waals surface area contributed by atoms with E-state index in [9.17, 15) is 0 Å². The molecule has 0 aromatic rings. The zero-order chi connectivity index (χ0) is 19.3. The molecule has 0 atom stereocenters. The van der Waals surface area contributed by atoms with Gasteiger partial charge in [0, 0.05) is 31.8 Å². The number of nitrogens with one attached hydrogen (secondary N) is 1. The summed E-state index contributed by atoms with van der Waals surface area (Å²) in [7, 11) is 2.37. The molecule has 0 spiro atoms. The monoisotopic (exact) mass is 380 g/mol. The minimum atomic E-state index is 0.809. The summed E-state index contributed by atoms with van der Waals surface area (Å²) in [4.78, 5) is 8.10. The standard InChI is InChI=1S/C23H48N4/c1-4-6-17-24-20-26(5-2)21-27(23-15-11-8-12-16-23)19-18-25(3)22-13-9-7-10-14-22/h22-24H,4-21H2,1-3H3. The van der Waals surface area contributed by atoms with Crippen LogP contribution in [0.4, 0.5) is 0 Å². The van der Waals surface area contributed by atoms with Gasteiger partial charge in [-0.25, -0.2) is 0 Å². The van der Waals surface area contributed by atoms with Gasteiger partial charge in [0.2, 0.25) is 0 Å². The lowest BCUT2D eigenvalue weighted by Crippen LogP contribution is -2.50. The Hall–Kier alpha value is -0.160. The number of hydrogen-bond donors (Lipinski definition) is 1. The smallest absolute Gasteiger partial charge is 0.0521 e. The maximum atomic E-state index is 3.65. The van der Waals surface area contributed by atoms with Crippen LogP contribution in [0.2, 0.25) is 0 Å². The average molecular weight is 381 g/mol. The zero-order valence-corrected chi connectivity index (χ0v) is 18.7. The van der Waals surface area contributed by atoms with Crippen molar-refractivity contribution in [3.8, 4) is 0 Å². The Kier molecular flexibility index (Phi) is 11.9. The van der Waals surface area contributed by atoms with Crippen molar-refractivity contribution >= 4 is 0 Å². The maximum Gasteiger partial charge on any atom is 0.0521 e. The number of hydrogen-bond acceptors (Lipinski definition) is 4. The predicted molar refractivity (Wildman–Crippen MR) is 118 cm³/mol. The van der Waals surface area contributed by atoms with Crippen LogP contribution in [0.5, 0.6) is 0 Å². The highest BCUT2D eigenvalue weighted by Gasteiger charge is 2.24. The van der Waals surface area contributed by atoms with Crippen molar-refractivity contribution < 1.29 is 0 Å². The van der Waals surface area contributed by atoms with E-state index in [2.05, 4.69) is 40.9 Å². The van der Waals surface area contributed by atoms with E-state index >= 15 is 0 Å². The highest BCUT2D eigenvalue weighted by atomic mass is 15.4. The molecular weight excluding hydrogens is 332 g/mol. The normalized spacial score (nSPS) is 20.2. The Morgan fingerprint density at radius 2 is 1.44 bits per heavy atom. The quantitative estimate of drug-likeness (QED) is 0.375. The van der Waals surface area contributed by atoms with Gasteiger partial charge in [-0.15, -0.1) is 0 Å². The molecule has 27 heavy (non-hydrogen) atoms. The average Bonchev–Trinajstić information content (AvgIpc) is 2.73. The van der Waals surface area contributed by atoms with E-state index in [4.69, 9.17) is 0 Å². The minimum Gasteiger partial charge on any atom is -0.304 e. The van der Waals surface area contributed by atoms with Gasteiger partial charge in [-0.2, -0.15) is 0 Å². The van der Waals surface area contributed by atoms with Gasteiger partial charge in [0.25, 0.3) is 0 Å². The van der Waals surface area contributed by atoms with Gasteiger partial charge in [-0.1, -0.05) is 58.8 Å². The molecule has 4 heteroatoms. The van der Waals surface area contributed by atoms with E-state index in [0.29, 0.717) is 0 Å². The van der Waals surface area contributed by atoms with Crippen LogP contribution in [0.3, 0.4) is 0 Å². The molecular formula is C23H48N4. The molecule has 160 valence electrons. The first-order valence-corrected chi connectivity index (χ1v) is 12.1. The minimum absolute atomic E-state index is 0.809. The molecule has 2 aliphatic rings. The largest absolute Gasteiger partial charge is 0.304 e. The summed E-state index contributed by atoms with van der Waals surface area (Å²) in [5, 5.41) is 3.65. The zero-order valence-electron chi connectivity index (χ0n) is 18.7. The molecule has 2 saturated carbocycles. The second-order valence-corrected chi connectivity index (χ2v) is 9.02. The predicted octanol–water partition coefficient (Wildman–Crippen LogP) is 4.51. The van der Waals surface area contributed by atoms with Crippen molar-refractivity contribution in [3.05, 3.63) is 0 Å². The SMILES string of the molecule is CCCCNCN(CC)CN(CCN(C)C1CCCCC1)C1CCCCC1. The van der Waals surface area contributed by atoms with E-state index in [-0.39, 0.29) is 0 Å². The Labute approximate surface area is 170 Å². The van der Waals surface area contributed by atoms with Crippen molar-refractivity contribution in [1.82, 2.24) is 20.0 Å². The first-order chi connectivity index (χ1) is 13.2. The number of rotatable bonds is 13. The fourth-order valence-electron chi connectivity index (χ4n) is 4.86. The molecule has 1 N–H and O–H groups in total. The molecule has 0 amide bonds. The molecule has 2 aliphatic carbocycles. The summed E-state index contributed by atoms with van der Waals surface area (Å²) >= 11 is 0.